The van der Waals surface area contributed by atoms with Crippen LogP contribution in [0.15, 0.2) is 35.8 Å². The topological polar surface area (TPSA) is 50.7 Å². The molecular formula is C21H26N4O2S. The van der Waals surface area contributed by atoms with Crippen LogP contribution in [-0.4, -0.2) is 67.9 Å². The second kappa shape index (κ2) is 8.86. The van der Waals surface area contributed by atoms with Gasteiger partial charge in [0.2, 0.25) is 5.88 Å². The fourth-order valence-electron chi connectivity index (χ4n) is 3.44. The standard InChI is InChI=1S/C21H26N4O2S/c1-3-24-7-9-25(10-8-24)21-20-16(6-13-28-20)14-18(23-21)17-4-5-19(22-15-17)27-12-11-26-2/h4-6,13-15H,3,7-12H2,1-2H3. The van der Waals surface area contributed by atoms with Gasteiger partial charge in [-0.15, -0.1) is 11.3 Å². The molecule has 0 aromatic carbocycles. The van der Waals surface area contributed by atoms with Gasteiger partial charge < -0.3 is 19.3 Å². The summed E-state index contributed by atoms with van der Waals surface area (Å²) in [6.07, 6.45) is 1.83. The lowest BCUT2D eigenvalue weighted by atomic mass is 10.1. The van der Waals surface area contributed by atoms with Crippen LogP contribution in [0.25, 0.3) is 21.3 Å². The Hall–Kier alpha value is -2.22. The van der Waals surface area contributed by atoms with Gasteiger partial charge in [-0.2, -0.15) is 0 Å². The van der Waals surface area contributed by atoms with E-state index in [0.29, 0.717) is 19.1 Å². The predicted octanol–water partition coefficient (Wildman–Crippen LogP) is 3.53. The quantitative estimate of drug-likeness (QED) is 0.568. The Morgan fingerprint density at radius 3 is 2.68 bits per heavy atom. The average molecular weight is 399 g/mol. The van der Waals surface area contributed by atoms with Gasteiger partial charge in [-0.3, -0.25) is 0 Å². The average Bonchev–Trinajstić information content (AvgIpc) is 3.23. The van der Waals surface area contributed by atoms with Crippen molar-refractivity contribution in [2.75, 3.05) is 57.9 Å². The third-order valence-electron chi connectivity index (χ3n) is 5.11. The zero-order valence-electron chi connectivity index (χ0n) is 16.4. The second-order valence-corrected chi connectivity index (χ2v) is 7.73. The minimum Gasteiger partial charge on any atom is -0.475 e. The van der Waals surface area contributed by atoms with E-state index in [1.165, 1.54) is 10.1 Å². The maximum atomic E-state index is 5.57. The van der Waals surface area contributed by atoms with Crippen LogP contribution in [0.1, 0.15) is 6.92 Å². The Morgan fingerprint density at radius 1 is 1.11 bits per heavy atom. The van der Waals surface area contributed by atoms with Crippen LogP contribution in [0, 0.1) is 0 Å². The van der Waals surface area contributed by atoms with Gasteiger partial charge in [0.1, 0.15) is 12.4 Å². The third kappa shape index (κ3) is 4.11. The summed E-state index contributed by atoms with van der Waals surface area (Å²) >= 11 is 1.77. The number of anilines is 1. The van der Waals surface area contributed by atoms with Crippen molar-refractivity contribution in [3.8, 4) is 17.1 Å². The normalized spacial score (nSPS) is 15.3. The SMILES string of the molecule is CCN1CCN(c2nc(-c3ccc(OCCOC)nc3)cc3ccsc23)CC1. The molecule has 4 rings (SSSR count). The first kappa shape index (κ1) is 19.1. The molecule has 1 aliphatic heterocycles. The molecule has 1 saturated heterocycles. The summed E-state index contributed by atoms with van der Waals surface area (Å²) in [4.78, 5) is 14.4. The molecule has 0 unspecified atom stereocenters. The lowest BCUT2D eigenvalue weighted by Crippen LogP contribution is -2.46. The van der Waals surface area contributed by atoms with E-state index in [0.717, 1.165) is 49.8 Å². The molecule has 1 fully saturated rings. The van der Waals surface area contributed by atoms with E-state index in [2.05, 4.69) is 39.2 Å². The first-order valence-corrected chi connectivity index (χ1v) is 10.6. The Balaban J connectivity index is 1.60. The Labute approximate surface area is 169 Å². The highest BCUT2D eigenvalue weighted by Gasteiger charge is 2.20. The highest BCUT2D eigenvalue weighted by atomic mass is 32.1. The number of likely N-dealkylation sites (N-methyl/N-ethyl adjacent to an activating group) is 1. The summed E-state index contributed by atoms with van der Waals surface area (Å²) in [6.45, 7) is 8.59. The minimum atomic E-state index is 0.496. The Morgan fingerprint density at radius 2 is 1.96 bits per heavy atom. The van der Waals surface area contributed by atoms with E-state index >= 15 is 0 Å². The van der Waals surface area contributed by atoms with Gasteiger partial charge in [-0.1, -0.05) is 6.92 Å². The number of thiophene rings is 1. The van der Waals surface area contributed by atoms with E-state index in [4.69, 9.17) is 14.5 Å². The monoisotopic (exact) mass is 398 g/mol. The number of ether oxygens (including phenoxy) is 2. The zero-order valence-corrected chi connectivity index (χ0v) is 17.2. The number of aromatic nitrogens is 2. The molecule has 7 heteroatoms. The van der Waals surface area contributed by atoms with Crippen LogP contribution >= 0.6 is 11.3 Å². The number of hydrogen-bond donors (Lipinski definition) is 0. The molecule has 4 heterocycles. The molecule has 148 valence electrons. The summed E-state index contributed by atoms with van der Waals surface area (Å²) in [5.74, 6) is 1.70. The highest BCUT2D eigenvalue weighted by molar-refractivity contribution is 7.17. The molecule has 0 amide bonds. The largest absolute Gasteiger partial charge is 0.475 e. The number of methoxy groups -OCH3 is 1. The highest BCUT2D eigenvalue weighted by Crippen LogP contribution is 2.34. The molecule has 0 radical (unpaired) electrons. The van der Waals surface area contributed by atoms with Gasteiger partial charge in [0.25, 0.3) is 0 Å². The number of fused-ring (bicyclic) bond motifs is 1. The van der Waals surface area contributed by atoms with E-state index < -0.39 is 0 Å². The minimum absolute atomic E-state index is 0.496. The van der Waals surface area contributed by atoms with Crippen LogP contribution in [0.5, 0.6) is 5.88 Å². The van der Waals surface area contributed by atoms with Crippen molar-refractivity contribution in [2.24, 2.45) is 0 Å². The molecule has 0 spiro atoms. The maximum Gasteiger partial charge on any atom is 0.213 e. The van der Waals surface area contributed by atoms with Crippen molar-refractivity contribution in [3.05, 3.63) is 35.8 Å². The predicted molar refractivity (Wildman–Crippen MR) is 115 cm³/mol. The van der Waals surface area contributed by atoms with Crippen LogP contribution < -0.4 is 9.64 Å². The van der Waals surface area contributed by atoms with Gasteiger partial charge in [0.05, 0.1) is 17.0 Å². The van der Waals surface area contributed by atoms with Crippen molar-refractivity contribution < 1.29 is 9.47 Å². The van der Waals surface area contributed by atoms with Gasteiger partial charge in [0, 0.05) is 51.1 Å². The number of nitrogens with zero attached hydrogens (tertiary/aromatic N) is 4. The molecule has 6 nitrogen and oxygen atoms in total. The van der Waals surface area contributed by atoms with Crippen molar-refractivity contribution >= 4 is 27.2 Å². The number of piperazine rings is 1. The fourth-order valence-corrected chi connectivity index (χ4v) is 4.34. The summed E-state index contributed by atoms with van der Waals surface area (Å²) in [5.41, 5.74) is 1.95. The molecule has 0 aliphatic carbocycles. The Kier molecular flexibility index (Phi) is 6.04. The summed E-state index contributed by atoms with van der Waals surface area (Å²) in [5, 5.41) is 3.38. The lowest BCUT2D eigenvalue weighted by molar-refractivity contribution is 0.144. The summed E-state index contributed by atoms with van der Waals surface area (Å²) < 4.78 is 11.8. The van der Waals surface area contributed by atoms with E-state index in [9.17, 15) is 0 Å². The molecule has 3 aromatic rings. The third-order valence-corrected chi connectivity index (χ3v) is 6.03. The molecule has 0 N–H and O–H groups in total. The first-order chi connectivity index (χ1) is 13.8. The number of pyridine rings is 2. The zero-order chi connectivity index (χ0) is 19.3. The van der Waals surface area contributed by atoms with Crippen LogP contribution in [0.3, 0.4) is 0 Å². The van der Waals surface area contributed by atoms with Gasteiger partial charge in [-0.05, 0) is 35.5 Å². The summed E-state index contributed by atoms with van der Waals surface area (Å²) in [6, 6.07) is 8.24. The molecular weight excluding hydrogens is 372 g/mol. The van der Waals surface area contributed by atoms with Crippen LogP contribution in [0.2, 0.25) is 0 Å². The molecule has 0 saturated carbocycles. The molecule has 28 heavy (non-hydrogen) atoms. The van der Waals surface area contributed by atoms with Crippen LogP contribution in [0.4, 0.5) is 5.82 Å². The van der Waals surface area contributed by atoms with Gasteiger partial charge >= 0.3 is 0 Å². The van der Waals surface area contributed by atoms with Crippen molar-refractivity contribution in [3.63, 3.8) is 0 Å². The van der Waals surface area contributed by atoms with Gasteiger partial charge in [-0.25, -0.2) is 9.97 Å². The smallest absolute Gasteiger partial charge is 0.213 e. The fraction of sp³-hybridized carbons (Fsp3) is 0.429. The van der Waals surface area contributed by atoms with Crippen LogP contribution in [-0.2, 0) is 4.74 Å². The molecule has 1 aliphatic rings. The first-order valence-electron chi connectivity index (χ1n) is 9.72. The van der Waals surface area contributed by atoms with Gasteiger partial charge in [0.15, 0.2) is 0 Å². The van der Waals surface area contributed by atoms with E-state index in [1.54, 1.807) is 18.4 Å². The van der Waals surface area contributed by atoms with Crippen molar-refractivity contribution in [1.29, 1.82) is 0 Å². The second-order valence-electron chi connectivity index (χ2n) is 6.82. The van der Waals surface area contributed by atoms with E-state index in [-0.39, 0.29) is 0 Å². The summed E-state index contributed by atoms with van der Waals surface area (Å²) in [7, 11) is 1.66. The van der Waals surface area contributed by atoms with Crippen molar-refractivity contribution in [1.82, 2.24) is 14.9 Å². The Bertz CT molecular complexity index is 904. The van der Waals surface area contributed by atoms with E-state index in [1.807, 2.05) is 18.3 Å². The molecule has 0 atom stereocenters. The molecule has 0 bridgehead atoms. The molecule has 3 aromatic heterocycles. The lowest BCUT2D eigenvalue weighted by Gasteiger charge is -2.35. The number of hydrogen-bond acceptors (Lipinski definition) is 7. The number of rotatable bonds is 7. The maximum absolute atomic E-state index is 5.57. The van der Waals surface area contributed by atoms with Crippen molar-refractivity contribution in [2.45, 2.75) is 6.92 Å².